The molecule has 3 rings (SSSR count). The fraction of sp³-hybridized carbons (Fsp3) is 0.467. The van der Waals surface area contributed by atoms with Crippen LogP contribution in [0, 0.1) is 5.92 Å². The molecule has 0 spiro atoms. The van der Waals surface area contributed by atoms with E-state index in [1.54, 1.807) is 6.07 Å². The molecule has 2 bridgehead atoms. The molecule has 2 aliphatic heterocycles. The number of aliphatic hydroxyl groups excluding tert-OH is 1. The molecule has 1 saturated heterocycles. The van der Waals surface area contributed by atoms with E-state index in [-0.39, 0.29) is 18.3 Å². The van der Waals surface area contributed by atoms with Gasteiger partial charge in [-0.15, -0.1) is 12.4 Å². The Morgan fingerprint density at radius 3 is 2.71 bits per heavy atom. The summed E-state index contributed by atoms with van der Waals surface area (Å²) in [6, 6.07) is 5.39. The maximum Gasteiger partial charge on any atom is 0.416 e. The van der Waals surface area contributed by atoms with Crippen molar-refractivity contribution in [3.63, 3.8) is 0 Å². The van der Waals surface area contributed by atoms with Crippen LogP contribution in [0.25, 0.3) is 5.57 Å². The Balaban J connectivity index is 0.00000161. The molecule has 3 unspecified atom stereocenters. The van der Waals surface area contributed by atoms with Crippen LogP contribution in [-0.4, -0.2) is 35.7 Å². The van der Waals surface area contributed by atoms with E-state index in [0.717, 1.165) is 31.3 Å². The summed E-state index contributed by atoms with van der Waals surface area (Å²) in [6.45, 7) is 2.32. The lowest BCUT2D eigenvalue weighted by Gasteiger charge is -2.40. The van der Waals surface area contributed by atoms with Crippen molar-refractivity contribution in [2.45, 2.75) is 18.7 Å². The molecule has 1 aromatic rings. The first-order chi connectivity index (χ1) is 9.45. The number of aliphatic hydroxyl groups is 1. The van der Waals surface area contributed by atoms with E-state index in [9.17, 15) is 18.3 Å². The highest BCUT2D eigenvalue weighted by molar-refractivity contribution is 5.85. The van der Waals surface area contributed by atoms with Crippen molar-refractivity contribution in [2.24, 2.45) is 5.92 Å². The summed E-state index contributed by atoms with van der Waals surface area (Å²) < 4.78 is 38.4. The first-order valence-electron chi connectivity index (χ1n) is 6.73. The Bertz CT molecular complexity index is 544. The SMILES string of the molecule is Cl.OC1CCN2CC=C(c3cccc(C(F)(F)F)c3)C1C2. The third-order valence-corrected chi connectivity index (χ3v) is 4.15. The van der Waals surface area contributed by atoms with E-state index < -0.39 is 17.8 Å². The summed E-state index contributed by atoms with van der Waals surface area (Å²) in [5.41, 5.74) is 0.786. The molecule has 1 N–H and O–H groups in total. The molecule has 2 heterocycles. The molecule has 6 heteroatoms. The fourth-order valence-electron chi connectivity index (χ4n) is 3.06. The van der Waals surface area contributed by atoms with Gasteiger partial charge in [-0.2, -0.15) is 13.2 Å². The van der Waals surface area contributed by atoms with Gasteiger partial charge >= 0.3 is 6.18 Å². The van der Waals surface area contributed by atoms with Crippen LogP contribution >= 0.6 is 12.4 Å². The predicted octanol–water partition coefficient (Wildman–Crippen LogP) is 3.21. The first-order valence-corrected chi connectivity index (χ1v) is 6.73. The smallest absolute Gasteiger partial charge is 0.392 e. The number of alkyl halides is 3. The summed E-state index contributed by atoms with van der Waals surface area (Å²) in [4.78, 5) is 2.22. The number of hydrogen-bond donors (Lipinski definition) is 1. The Kier molecular flexibility index (Phi) is 4.66. The molecule has 0 amide bonds. The number of halogens is 4. The normalized spacial score (nSPS) is 28.6. The number of nitrogens with zero attached hydrogens (tertiary/aromatic N) is 1. The molecule has 0 saturated carbocycles. The zero-order valence-corrected chi connectivity index (χ0v) is 12.1. The van der Waals surface area contributed by atoms with Crippen LogP contribution in [0.15, 0.2) is 30.3 Å². The summed E-state index contributed by atoms with van der Waals surface area (Å²) in [5, 5.41) is 10.1. The van der Waals surface area contributed by atoms with Gasteiger partial charge in [-0.1, -0.05) is 18.2 Å². The van der Waals surface area contributed by atoms with E-state index in [2.05, 4.69) is 4.90 Å². The van der Waals surface area contributed by atoms with Gasteiger partial charge in [0.15, 0.2) is 0 Å². The van der Waals surface area contributed by atoms with Crippen LogP contribution in [0.5, 0.6) is 0 Å². The number of benzene rings is 1. The minimum absolute atomic E-state index is 0. The average Bonchev–Trinajstić information content (AvgIpc) is 2.43. The molecule has 1 fully saturated rings. The molecule has 2 nitrogen and oxygen atoms in total. The van der Waals surface area contributed by atoms with Crippen LogP contribution in [0.1, 0.15) is 17.5 Å². The van der Waals surface area contributed by atoms with Gasteiger partial charge in [0, 0.05) is 25.6 Å². The molecule has 21 heavy (non-hydrogen) atoms. The maximum atomic E-state index is 12.8. The third-order valence-electron chi connectivity index (χ3n) is 4.15. The largest absolute Gasteiger partial charge is 0.416 e. The van der Waals surface area contributed by atoms with Gasteiger partial charge in [0.1, 0.15) is 0 Å². The highest BCUT2D eigenvalue weighted by Crippen LogP contribution is 2.37. The minimum Gasteiger partial charge on any atom is -0.392 e. The highest BCUT2D eigenvalue weighted by Gasteiger charge is 2.35. The number of piperidine rings is 1. The highest BCUT2D eigenvalue weighted by atomic mass is 35.5. The standard InChI is InChI=1S/C15H16F3NO.ClH/c16-15(17,18)11-3-1-2-10(8-11)12-4-6-19-7-5-14(20)13(12)9-19;/h1-4,8,13-14,20H,5-7,9H2;1H. The molecule has 0 radical (unpaired) electrons. The molecule has 116 valence electrons. The fourth-order valence-corrected chi connectivity index (χ4v) is 3.06. The van der Waals surface area contributed by atoms with Gasteiger partial charge in [0.25, 0.3) is 0 Å². The lowest BCUT2D eigenvalue weighted by atomic mass is 9.81. The number of rotatable bonds is 1. The quantitative estimate of drug-likeness (QED) is 0.859. The first kappa shape index (κ1) is 16.3. The van der Waals surface area contributed by atoms with E-state index in [4.69, 9.17) is 0 Å². The molecule has 2 aliphatic rings. The van der Waals surface area contributed by atoms with E-state index in [0.29, 0.717) is 12.0 Å². The molecular weight excluding hydrogens is 303 g/mol. The van der Waals surface area contributed by atoms with Crippen molar-refractivity contribution in [1.29, 1.82) is 0 Å². The summed E-state index contributed by atoms with van der Waals surface area (Å²) in [7, 11) is 0. The second-order valence-corrected chi connectivity index (χ2v) is 5.46. The van der Waals surface area contributed by atoms with Crippen molar-refractivity contribution < 1.29 is 18.3 Å². The summed E-state index contributed by atoms with van der Waals surface area (Å²) in [5.74, 6) is -0.0824. The van der Waals surface area contributed by atoms with Crippen molar-refractivity contribution in [2.75, 3.05) is 19.6 Å². The van der Waals surface area contributed by atoms with E-state index in [1.807, 2.05) is 6.08 Å². The second-order valence-electron chi connectivity index (χ2n) is 5.46. The molecule has 0 aliphatic carbocycles. The Hall–Kier alpha value is -1.04. The van der Waals surface area contributed by atoms with Crippen molar-refractivity contribution in [1.82, 2.24) is 4.90 Å². The minimum atomic E-state index is -4.33. The van der Waals surface area contributed by atoms with Crippen LogP contribution in [0.4, 0.5) is 13.2 Å². The second kappa shape index (κ2) is 5.99. The number of hydrogen-bond acceptors (Lipinski definition) is 2. The molecule has 1 aromatic carbocycles. The third kappa shape index (κ3) is 3.25. The lowest BCUT2D eigenvalue weighted by Crippen LogP contribution is -2.46. The lowest BCUT2D eigenvalue weighted by molar-refractivity contribution is -0.137. The van der Waals surface area contributed by atoms with Gasteiger partial charge in [0.2, 0.25) is 0 Å². The molecule has 0 aromatic heterocycles. The van der Waals surface area contributed by atoms with Crippen LogP contribution in [-0.2, 0) is 6.18 Å². The number of fused-ring (bicyclic) bond motifs is 2. The zero-order chi connectivity index (χ0) is 14.3. The Labute approximate surface area is 127 Å². The summed E-state index contributed by atoms with van der Waals surface area (Å²) >= 11 is 0. The molecule has 3 atom stereocenters. The predicted molar refractivity (Wildman–Crippen MR) is 77.2 cm³/mol. The zero-order valence-electron chi connectivity index (χ0n) is 11.3. The topological polar surface area (TPSA) is 23.5 Å². The molecular formula is C15H17ClF3NO. The van der Waals surface area contributed by atoms with Crippen molar-refractivity contribution in [3.8, 4) is 0 Å². The van der Waals surface area contributed by atoms with Crippen molar-refractivity contribution in [3.05, 3.63) is 41.5 Å². The maximum absolute atomic E-state index is 12.8. The van der Waals surface area contributed by atoms with E-state index >= 15 is 0 Å². The monoisotopic (exact) mass is 319 g/mol. The van der Waals surface area contributed by atoms with E-state index in [1.165, 1.54) is 12.1 Å². The van der Waals surface area contributed by atoms with Gasteiger partial charge in [-0.3, -0.25) is 4.90 Å². The van der Waals surface area contributed by atoms with Crippen molar-refractivity contribution >= 4 is 18.0 Å². The summed E-state index contributed by atoms with van der Waals surface area (Å²) in [6.07, 6.45) is -2.16. The van der Waals surface area contributed by atoms with Crippen LogP contribution in [0.3, 0.4) is 0 Å². The van der Waals surface area contributed by atoms with Crippen LogP contribution in [0.2, 0.25) is 0 Å². The van der Waals surface area contributed by atoms with Crippen LogP contribution < -0.4 is 0 Å². The Morgan fingerprint density at radius 2 is 2.00 bits per heavy atom. The van der Waals surface area contributed by atoms with Gasteiger partial charge < -0.3 is 5.11 Å². The van der Waals surface area contributed by atoms with Gasteiger partial charge in [-0.25, -0.2) is 0 Å². The average molecular weight is 320 g/mol. The van der Waals surface area contributed by atoms with Gasteiger partial charge in [-0.05, 0) is 29.7 Å². The van der Waals surface area contributed by atoms with Gasteiger partial charge in [0.05, 0.1) is 11.7 Å². The Morgan fingerprint density at radius 1 is 1.24 bits per heavy atom.